The molecule has 0 saturated carbocycles. The van der Waals surface area contributed by atoms with Gasteiger partial charge in [0.25, 0.3) is 0 Å². The van der Waals surface area contributed by atoms with Crippen molar-refractivity contribution in [2.45, 2.75) is 26.2 Å². The van der Waals surface area contributed by atoms with Crippen LogP contribution in [-0.4, -0.2) is 33.1 Å². The number of nitrogens with one attached hydrogen (secondary N) is 2. The molecule has 0 aliphatic rings. The van der Waals surface area contributed by atoms with E-state index >= 15 is 0 Å². The smallest absolute Gasteiger partial charge is 0.323 e. The van der Waals surface area contributed by atoms with Gasteiger partial charge in [0, 0.05) is 24.0 Å². The molecule has 0 amide bonds. The van der Waals surface area contributed by atoms with Crippen LogP contribution in [0, 0.1) is 0 Å². The van der Waals surface area contributed by atoms with Crippen molar-refractivity contribution in [2.24, 2.45) is 5.84 Å². The monoisotopic (exact) mass is 309 g/mol. The van der Waals surface area contributed by atoms with E-state index in [4.69, 9.17) is 10.6 Å². The Kier molecular flexibility index (Phi) is 5.64. The summed E-state index contributed by atoms with van der Waals surface area (Å²) in [6, 6.07) is 0.254. The Morgan fingerprint density at radius 2 is 2.14 bits per heavy atom. The van der Waals surface area contributed by atoms with Crippen molar-refractivity contribution < 1.29 is 4.74 Å². The highest BCUT2D eigenvalue weighted by molar-refractivity contribution is 7.09. The molecule has 0 spiro atoms. The topological polar surface area (TPSA) is 111 Å². The van der Waals surface area contributed by atoms with Crippen LogP contribution < -0.4 is 21.3 Å². The zero-order valence-electron chi connectivity index (χ0n) is 12.0. The van der Waals surface area contributed by atoms with E-state index in [1.54, 1.807) is 17.5 Å². The minimum Gasteiger partial charge on any atom is -0.463 e. The SMILES string of the molecule is CCCOc1nc(NN)nc(NCC(C)c2nccs2)n1. The first-order valence-electron chi connectivity index (χ1n) is 6.71. The molecule has 0 aliphatic heterocycles. The highest BCUT2D eigenvalue weighted by Gasteiger charge is 2.11. The largest absolute Gasteiger partial charge is 0.463 e. The Labute approximate surface area is 127 Å². The first-order chi connectivity index (χ1) is 10.2. The average Bonchev–Trinajstić information content (AvgIpc) is 3.04. The summed E-state index contributed by atoms with van der Waals surface area (Å²) in [6.07, 6.45) is 2.67. The van der Waals surface area contributed by atoms with E-state index in [0.29, 0.717) is 19.1 Å². The van der Waals surface area contributed by atoms with Crippen molar-refractivity contribution in [1.82, 2.24) is 19.9 Å². The van der Waals surface area contributed by atoms with Crippen molar-refractivity contribution in [3.8, 4) is 6.01 Å². The second-order valence-corrected chi connectivity index (χ2v) is 5.34. The minimum absolute atomic E-state index is 0.254. The number of aromatic nitrogens is 4. The molecular weight excluding hydrogens is 290 g/mol. The number of nitrogen functional groups attached to an aromatic ring is 1. The number of nitrogens with zero attached hydrogens (tertiary/aromatic N) is 4. The molecule has 2 aromatic heterocycles. The number of nitrogens with two attached hydrogens (primary N) is 1. The number of hydrazine groups is 1. The number of hydrogen-bond donors (Lipinski definition) is 3. The molecule has 21 heavy (non-hydrogen) atoms. The standard InChI is InChI=1S/C12H19N7OS/c1-3-5-20-12-17-10(16-11(18-12)19-13)15-7-8(2)9-14-4-6-21-9/h4,6,8H,3,5,7,13H2,1-2H3,(H2,15,16,17,18,19). The van der Waals surface area contributed by atoms with Gasteiger partial charge < -0.3 is 10.1 Å². The number of anilines is 2. The van der Waals surface area contributed by atoms with Gasteiger partial charge in [-0.15, -0.1) is 11.3 Å². The van der Waals surface area contributed by atoms with E-state index in [9.17, 15) is 0 Å². The van der Waals surface area contributed by atoms with Crippen molar-refractivity contribution >= 4 is 23.2 Å². The molecule has 1 atom stereocenters. The summed E-state index contributed by atoms with van der Waals surface area (Å²) >= 11 is 1.63. The summed E-state index contributed by atoms with van der Waals surface area (Å²) in [5.41, 5.74) is 2.41. The van der Waals surface area contributed by atoms with Gasteiger partial charge in [-0.05, 0) is 6.42 Å². The van der Waals surface area contributed by atoms with Crippen molar-refractivity contribution in [3.05, 3.63) is 16.6 Å². The average molecular weight is 309 g/mol. The molecule has 1 unspecified atom stereocenters. The maximum atomic E-state index is 5.41. The predicted molar refractivity (Wildman–Crippen MR) is 82.4 cm³/mol. The Balaban J connectivity index is 2.01. The molecule has 0 bridgehead atoms. The molecule has 8 nitrogen and oxygen atoms in total. The highest BCUT2D eigenvalue weighted by atomic mass is 32.1. The van der Waals surface area contributed by atoms with Gasteiger partial charge in [-0.1, -0.05) is 13.8 Å². The van der Waals surface area contributed by atoms with Gasteiger partial charge in [-0.25, -0.2) is 10.8 Å². The van der Waals surface area contributed by atoms with Crippen LogP contribution in [0.4, 0.5) is 11.9 Å². The van der Waals surface area contributed by atoms with Gasteiger partial charge in [0.2, 0.25) is 11.9 Å². The lowest BCUT2D eigenvalue weighted by molar-refractivity contribution is 0.292. The maximum absolute atomic E-state index is 5.41. The fourth-order valence-electron chi connectivity index (χ4n) is 1.57. The van der Waals surface area contributed by atoms with Crippen LogP contribution in [0.2, 0.25) is 0 Å². The summed E-state index contributed by atoms with van der Waals surface area (Å²) in [6.45, 7) is 5.31. The van der Waals surface area contributed by atoms with E-state index < -0.39 is 0 Å². The second-order valence-electron chi connectivity index (χ2n) is 4.41. The lowest BCUT2D eigenvalue weighted by Crippen LogP contribution is -2.16. The van der Waals surface area contributed by atoms with Gasteiger partial charge in [-0.2, -0.15) is 15.0 Å². The first kappa shape index (κ1) is 15.4. The molecule has 0 aromatic carbocycles. The fourth-order valence-corrected chi connectivity index (χ4v) is 2.27. The normalized spacial score (nSPS) is 12.0. The summed E-state index contributed by atoms with van der Waals surface area (Å²) in [5, 5.41) is 6.18. The van der Waals surface area contributed by atoms with E-state index in [0.717, 1.165) is 11.4 Å². The Hall–Kier alpha value is -2.00. The number of rotatable bonds is 8. The van der Waals surface area contributed by atoms with Crippen LogP contribution in [0.15, 0.2) is 11.6 Å². The van der Waals surface area contributed by atoms with Crippen molar-refractivity contribution in [2.75, 3.05) is 23.9 Å². The molecule has 0 radical (unpaired) electrons. The van der Waals surface area contributed by atoms with E-state index in [-0.39, 0.29) is 17.9 Å². The molecule has 9 heteroatoms. The van der Waals surface area contributed by atoms with E-state index in [1.807, 2.05) is 12.3 Å². The molecule has 0 fully saturated rings. The molecule has 114 valence electrons. The zero-order chi connectivity index (χ0) is 15.1. The second kappa shape index (κ2) is 7.70. The lowest BCUT2D eigenvalue weighted by atomic mass is 10.2. The van der Waals surface area contributed by atoms with Gasteiger partial charge in [0.05, 0.1) is 11.6 Å². The molecule has 0 saturated heterocycles. The molecule has 0 aliphatic carbocycles. The minimum atomic E-state index is 0.254. The predicted octanol–water partition coefficient (Wildman–Crippen LogP) is 1.62. The molecule has 2 aromatic rings. The van der Waals surface area contributed by atoms with Crippen molar-refractivity contribution in [3.63, 3.8) is 0 Å². The lowest BCUT2D eigenvalue weighted by Gasteiger charge is -2.11. The third-order valence-electron chi connectivity index (χ3n) is 2.62. The third-order valence-corrected chi connectivity index (χ3v) is 3.63. The van der Waals surface area contributed by atoms with Crippen LogP contribution >= 0.6 is 11.3 Å². The van der Waals surface area contributed by atoms with Gasteiger partial charge in [-0.3, -0.25) is 5.43 Å². The van der Waals surface area contributed by atoms with E-state index in [2.05, 4.69) is 37.6 Å². The van der Waals surface area contributed by atoms with Gasteiger partial charge in [0.15, 0.2) is 0 Å². The highest BCUT2D eigenvalue weighted by Crippen LogP contribution is 2.18. The maximum Gasteiger partial charge on any atom is 0.323 e. The van der Waals surface area contributed by atoms with Crippen LogP contribution in [0.25, 0.3) is 0 Å². The summed E-state index contributed by atoms with van der Waals surface area (Å²) in [7, 11) is 0. The van der Waals surface area contributed by atoms with Crippen molar-refractivity contribution in [1.29, 1.82) is 0 Å². The Bertz CT molecular complexity index is 549. The third kappa shape index (κ3) is 4.50. The summed E-state index contributed by atoms with van der Waals surface area (Å²) in [4.78, 5) is 16.7. The fraction of sp³-hybridized carbons (Fsp3) is 0.500. The number of hydrogen-bond acceptors (Lipinski definition) is 9. The Morgan fingerprint density at radius 1 is 1.33 bits per heavy atom. The van der Waals surface area contributed by atoms with Crippen LogP contribution in [0.5, 0.6) is 6.01 Å². The van der Waals surface area contributed by atoms with Crippen LogP contribution in [-0.2, 0) is 0 Å². The van der Waals surface area contributed by atoms with Crippen LogP contribution in [0.1, 0.15) is 31.2 Å². The van der Waals surface area contributed by atoms with E-state index in [1.165, 1.54) is 0 Å². The molecule has 4 N–H and O–H groups in total. The molecule has 2 heterocycles. The molecular formula is C12H19N7OS. The summed E-state index contributed by atoms with van der Waals surface area (Å²) in [5.74, 6) is 6.30. The van der Waals surface area contributed by atoms with Crippen LogP contribution in [0.3, 0.4) is 0 Å². The quantitative estimate of drug-likeness (QED) is 0.498. The molecule has 2 rings (SSSR count). The van der Waals surface area contributed by atoms with Gasteiger partial charge >= 0.3 is 6.01 Å². The van der Waals surface area contributed by atoms with Gasteiger partial charge in [0.1, 0.15) is 0 Å². The number of ether oxygens (including phenoxy) is 1. The number of thiazole rings is 1. The Morgan fingerprint density at radius 3 is 2.81 bits per heavy atom. The first-order valence-corrected chi connectivity index (χ1v) is 7.59. The zero-order valence-corrected chi connectivity index (χ0v) is 12.9. The summed E-state index contributed by atoms with van der Waals surface area (Å²) < 4.78 is 5.41.